The second-order valence-electron chi connectivity index (χ2n) is 5.91. The van der Waals surface area contributed by atoms with Crippen molar-refractivity contribution >= 4 is 17.5 Å². The molecule has 0 bridgehead atoms. The zero-order chi connectivity index (χ0) is 19.2. The summed E-state index contributed by atoms with van der Waals surface area (Å²) in [4.78, 5) is 12.5. The number of halogens is 2. The van der Waals surface area contributed by atoms with Gasteiger partial charge in [-0.1, -0.05) is 29.8 Å². The Labute approximate surface area is 161 Å². The molecule has 0 aliphatic rings. The number of nitrogens with zero attached hydrogens (tertiary/aromatic N) is 2. The maximum Gasteiger partial charge on any atom is 0.256 e. The van der Waals surface area contributed by atoms with Gasteiger partial charge in [-0.3, -0.25) is 4.79 Å². The number of rotatable bonds is 7. The fourth-order valence-electron chi connectivity index (χ4n) is 2.58. The monoisotopic (exact) mass is 387 g/mol. The predicted molar refractivity (Wildman–Crippen MR) is 102 cm³/mol. The Morgan fingerprint density at radius 1 is 1.19 bits per heavy atom. The van der Waals surface area contributed by atoms with E-state index in [1.54, 1.807) is 19.1 Å². The molecule has 3 aromatic rings. The third-order valence-electron chi connectivity index (χ3n) is 3.92. The fourth-order valence-corrected chi connectivity index (χ4v) is 2.94. The number of hydrogen-bond donors (Lipinski definition) is 1. The van der Waals surface area contributed by atoms with Crippen molar-refractivity contribution in [2.24, 2.45) is 0 Å². The van der Waals surface area contributed by atoms with Crippen molar-refractivity contribution < 1.29 is 13.9 Å². The van der Waals surface area contributed by atoms with Gasteiger partial charge in [0.05, 0.1) is 23.6 Å². The molecule has 0 unspecified atom stereocenters. The Bertz CT molecular complexity index is 911. The number of para-hydroxylation sites is 1. The second kappa shape index (κ2) is 8.68. The molecule has 0 radical (unpaired) electrons. The number of hydrogen-bond acceptors (Lipinski definition) is 3. The lowest BCUT2D eigenvalue weighted by molar-refractivity contribution is 0.0951. The molecule has 0 fully saturated rings. The molecule has 0 spiro atoms. The normalized spacial score (nSPS) is 10.6. The lowest BCUT2D eigenvalue weighted by Crippen LogP contribution is -2.26. The first-order valence-electron chi connectivity index (χ1n) is 8.53. The Balaban J connectivity index is 1.57. The molecule has 0 aliphatic carbocycles. The van der Waals surface area contributed by atoms with Crippen molar-refractivity contribution in [3.63, 3.8) is 0 Å². The average molecular weight is 388 g/mol. The molecule has 3 rings (SSSR count). The Kier molecular flexibility index (Phi) is 6.08. The van der Waals surface area contributed by atoms with Gasteiger partial charge in [0.15, 0.2) is 0 Å². The minimum Gasteiger partial charge on any atom is -0.494 e. The summed E-state index contributed by atoms with van der Waals surface area (Å²) in [5.74, 6) is 0.142. The van der Waals surface area contributed by atoms with Crippen LogP contribution in [0, 0.1) is 12.7 Å². The van der Waals surface area contributed by atoms with Gasteiger partial charge in [-0.15, -0.1) is 0 Å². The Hall–Kier alpha value is -2.86. The standard InChI is InChI=1S/C20H19ClFN3O2/c1-14-18(19(21)25(24-14)16-10-8-15(22)9-11-16)20(26)23-12-5-13-27-17-6-3-2-4-7-17/h2-4,6-11H,5,12-13H2,1H3,(H,23,26). The summed E-state index contributed by atoms with van der Waals surface area (Å²) < 4.78 is 20.1. The lowest BCUT2D eigenvalue weighted by Gasteiger charge is -2.07. The predicted octanol–water partition coefficient (Wildman–Crippen LogP) is 4.17. The first-order valence-corrected chi connectivity index (χ1v) is 8.91. The molecule has 0 atom stereocenters. The number of carbonyl (C=O) groups excluding carboxylic acids is 1. The molecule has 140 valence electrons. The molecule has 0 saturated carbocycles. The van der Waals surface area contributed by atoms with E-state index in [4.69, 9.17) is 16.3 Å². The molecular formula is C20H19ClFN3O2. The van der Waals surface area contributed by atoms with E-state index in [0.717, 1.165) is 5.75 Å². The van der Waals surface area contributed by atoms with Crippen LogP contribution in [-0.4, -0.2) is 28.8 Å². The number of aryl methyl sites for hydroxylation is 1. The maximum absolute atomic E-state index is 13.1. The zero-order valence-corrected chi connectivity index (χ0v) is 15.5. The highest BCUT2D eigenvalue weighted by atomic mass is 35.5. The largest absolute Gasteiger partial charge is 0.494 e. The number of carbonyl (C=O) groups is 1. The van der Waals surface area contributed by atoms with Gasteiger partial charge in [0, 0.05) is 6.54 Å². The molecule has 0 aliphatic heterocycles. The van der Waals surface area contributed by atoms with Gasteiger partial charge in [0.2, 0.25) is 0 Å². The third-order valence-corrected chi connectivity index (χ3v) is 4.27. The van der Waals surface area contributed by atoms with Crippen LogP contribution in [0.25, 0.3) is 5.69 Å². The van der Waals surface area contributed by atoms with Crippen LogP contribution in [-0.2, 0) is 0 Å². The summed E-state index contributed by atoms with van der Waals surface area (Å²) in [5.41, 5.74) is 1.40. The molecule has 1 amide bonds. The Morgan fingerprint density at radius 2 is 1.89 bits per heavy atom. The van der Waals surface area contributed by atoms with E-state index in [9.17, 15) is 9.18 Å². The van der Waals surface area contributed by atoms with E-state index in [1.165, 1.54) is 16.8 Å². The number of amides is 1. The summed E-state index contributed by atoms with van der Waals surface area (Å²) in [6.45, 7) is 2.65. The van der Waals surface area contributed by atoms with Crippen molar-refractivity contribution in [3.8, 4) is 11.4 Å². The van der Waals surface area contributed by atoms with Gasteiger partial charge in [-0.25, -0.2) is 9.07 Å². The number of benzene rings is 2. The summed E-state index contributed by atoms with van der Waals surface area (Å²) in [5, 5.41) is 7.31. The van der Waals surface area contributed by atoms with Gasteiger partial charge in [-0.2, -0.15) is 5.10 Å². The van der Waals surface area contributed by atoms with Crippen molar-refractivity contribution in [1.29, 1.82) is 0 Å². The number of nitrogens with one attached hydrogen (secondary N) is 1. The van der Waals surface area contributed by atoms with Gasteiger partial charge < -0.3 is 10.1 Å². The van der Waals surface area contributed by atoms with Crippen LogP contribution in [0.1, 0.15) is 22.5 Å². The van der Waals surface area contributed by atoms with Crippen LogP contribution < -0.4 is 10.1 Å². The molecule has 5 nitrogen and oxygen atoms in total. The first-order chi connectivity index (χ1) is 13.1. The van der Waals surface area contributed by atoms with Crippen molar-refractivity contribution in [2.75, 3.05) is 13.2 Å². The van der Waals surface area contributed by atoms with Crippen LogP contribution in [0.2, 0.25) is 5.15 Å². The van der Waals surface area contributed by atoms with Crippen LogP contribution in [0.5, 0.6) is 5.75 Å². The highest BCUT2D eigenvalue weighted by Gasteiger charge is 2.20. The average Bonchev–Trinajstić information content (AvgIpc) is 2.97. The molecular weight excluding hydrogens is 369 g/mol. The van der Waals surface area contributed by atoms with E-state index >= 15 is 0 Å². The van der Waals surface area contributed by atoms with Gasteiger partial charge in [0.25, 0.3) is 5.91 Å². The van der Waals surface area contributed by atoms with Crippen LogP contribution >= 0.6 is 11.6 Å². The van der Waals surface area contributed by atoms with E-state index in [0.29, 0.717) is 36.5 Å². The van der Waals surface area contributed by atoms with Crippen molar-refractivity contribution in [2.45, 2.75) is 13.3 Å². The highest BCUT2D eigenvalue weighted by Crippen LogP contribution is 2.23. The van der Waals surface area contributed by atoms with E-state index in [2.05, 4.69) is 10.4 Å². The minimum absolute atomic E-state index is 0.192. The minimum atomic E-state index is -0.352. The van der Waals surface area contributed by atoms with E-state index in [1.807, 2.05) is 30.3 Å². The lowest BCUT2D eigenvalue weighted by atomic mass is 10.2. The molecule has 27 heavy (non-hydrogen) atoms. The highest BCUT2D eigenvalue weighted by molar-refractivity contribution is 6.33. The van der Waals surface area contributed by atoms with Crippen LogP contribution in [0.3, 0.4) is 0 Å². The van der Waals surface area contributed by atoms with Crippen LogP contribution in [0.15, 0.2) is 54.6 Å². The van der Waals surface area contributed by atoms with E-state index in [-0.39, 0.29) is 16.9 Å². The third kappa shape index (κ3) is 4.65. The maximum atomic E-state index is 13.1. The summed E-state index contributed by atoms with van der Waals surface area (Å²) >= 11 is 6.34. The summed E-state index contributed by atoms with van der Waals surface area (Å²) in [7, 11) is 0. The first kappa shape index (κ1) is 18.9. The van der Waals surface area contributed by atoms with Crippen molar-refractivity contribution in [3.05, 3.63) is 76.8 Å². The smallest absolute Gasteiger partial charge is 0.256 e. The SMILES string of the molecule is Cc1nn(-c2ccc(F)cc2)c(Cl)c1C(=O)NCCCOc1ccccc1. The molecule has 7 heteroatoms. The summed E-state index contributed by atoms with van der Waals surface area (Å²) in [6, 6.07) is 15.2. The molecule has 0 saturated heterocycles. The van der Waals surface area contributed by atoms with Gasteiger partial charge in [0.1, 0.15) is 16.7 Å². The topological polar surface area (TPSA) is 56.2 Å². The van der Waals surface area contributed by atoms with E-state index < -0.39 is 0 Å². The zero-order valence-electron chi connectivity index (χ0n) is 14.8. The number of aromatic nitrogens is 2. The molecule has 2 aromatic carbocycles. The van der Waals surface area contributed by atoms with Gasteiger partial charge >= 0.3 is 0 Å². The second-order valence-corrected chi connectivity index (χ2v) is 6.27. The molecule has 1 heterocycles. The fraction of sp³-hybridized carbons (Fsp3) is 0.200. The van der Waals surface area contributed by atoms with Gasteiger partial charge in [-0.05, 0) is 49.7 Å². The Morgan fingerprint density at radius 3 is 2.59 bits per heavy atom. The molecule has 1 aromatic heterocycles. The molecule has 1 N–H and O–H groups in total. The van der Waals surface area contributed by atoms with Crippen LogP contribution in [0.4, 0.5) is 4.39 Å². The summed E-state index contributed by atoms with van der Waals surface area (Å²) in [6.07, 6.45) is 0.656. The van der Waals surface area contributed by atoms with Crippen molar-refractivity contribution in [1.82, 2.24) is 15.1 Å². The number of ether oxygens (including phenoxy) is 1. The quantitative estimate of drug-likeness (QED) is 0.619.